The van der Waals surface area contributed by atoms with Crippen molar-refractivity contribution in [3.63, 3.8) is 0 Å². The van der Waals surface area contributed by atoms with Crippen LogP contribution in [0, 0.1) is 17.0 Å². The number of para-hydroxylation sites is 1. The fourth-order valence-electron chi connectivity index (χ4n) is 1.94. The Morgan fingerprint density at radius 1 is 1.20 bits per heavy atom. The monoisotopic (exact) mass is 288 g/mol. The number of hydrogen-bond acceptors (Lipinski definition) is 4. The predicted octanol–water partition coefficient (Wildman–Crippen LogP) is 4.24. The minimum atomic E-state index is -0.355. The molecule has 104 valence electrons. The lowest BCUT2D eigenvalue weighted by Gasteiger charge is -2.09. The number of rotatable bonds is 5. The lowest BCUT2D eigenvalue weighted by atomic mass is 10.1. The number of anilines is 1. The van der Waals surface area contributed by atoms with Crippen molar-refractivity contribution in [1.29, 1.82) is 0 Å². The van der Waals surface area contributed by atoms with E-state index in [0.29, 0.717) is 11.4 Å². The van der Waals surface area contributed by atoms with Gasteiger partial charge in [-0.2, -0.15) is 0 Å². The first-order chi connectivity index (χ1) is 9.61. The molecule has 0 unspecified atom stereocenters. The Bertz CT molecular complexity index is 612. The number of nitro groups is 1. The molecule has 4 nitrogen and oxygen atoms in total. The Labute approximate surface area is 122 Å². The third-order valence-corrected chi connectivity index (χ3v) is 4.05. The summed E-state index contributed by atoms with van der Waals surface area (Å²) in [5.41, 5.74) is 2.87. The van der Waals surface area contributed by atoms with E-state index in [1.54, 1.807) is 24.9 Å². The van der Waals surface area contributed by atoms with Crippen LogP contribution in [-0.4, -0.2) is 12.0 Å². The molecule has 0 aliphatic rings. The van der Waals surface area contributed by atoms with Gasteiger partial charge < -0.3 is 5.32 Å². The van der Waals surface area contributed by atoms with E-state index in [0.717, 1.165) is 10.5 Å². The molecular formula is C15H16N2O2S. The summed E-state index contributed by atoms with van der Waals surface area (Å²) < 4.78 is 0. The molecule has 0 amide bonds. The maximum Gasteiger partial charge on any atom is 0.292 e. The van der Waals surface area contributed by atoms with Gasteiger partial charge in [0.2, 0.25) is 0 Å². The van der Waals surface area contributed by atoms with Crippen LogP contribution >= 0.6 is 11.8 Å². The van der Waals surface area contributed by atoms with Crippen LogP contribution in [0.5, 0.6) is 0 Å². The first-order valence-electron chi connectivity index (χ1n) is 6.25. The Kier molecular flexibility index (Phi) is 4.63. The van der Waals surface area contributed by atoms with Gasteiger partial charge in [-0.15, -0.1) is 11.8 Å². The number of nitrogens with one attached hydrogen (secondary N) is 1. The van der Waals surface area contributed by atoms with Gasteiger partial charge >= 0.3 is 0 Å². The zero-order chi connectivity index (χ0) is 14.5. The second-order valence-electron chi connectivity index (χ2n) is 4.42. The molecule has 0 bridgehead atoms. The van der Waals surface area contributed by atoms with Gasteiger partial charge in [0.1, 0.15) is 5.69 Å². The van der Waals surface area contributed by atoms with Gasteiger partial charge in [0, 0.05) is 23.8 Å². The molecule has 0 spiro atoms. The molecule has 0 radical (unpaired) electrons. The summed E-state index contributed by atoms with van der Waals surface area (Å²) in [5.74, 6) is 0.695. The van der Waals surface area contributed by atoms with Gasteiger partial charge in [0.15, 0.2) is 0 Å². The zero-order valence-corrected chi connectivity index (χ0v) is 12.2. The van der Waals surface area contributed by atoms with Crippen molar-refractivity contribution in [1.82, 2.24) is 0 Å². The van der Waals surface area contributed by atoms with Gasteiger partial charge in [0.25, 0.3) is 5.69 Å². The summed E-state index contributed by atoms with van der Waals surface area (Å²) in [4.78, 5) is 11.8. The minimum absolute atomic E-state index is 0.120. The fraction of sp³-hybridized carbons (Fsp3) is 0.200. The lowest BCUT2D eigenvalue weighted by molar-refractivity contribution is -0.384. The second-order valence-corrected chi connectivity index (χ2v) is 5.47. The van der Waals surface area contributed by atoms with Crippen LogP contribution in [0.15, 0.2) is 47.4 Å². The summed E-state index contributed by atoms with van der Waals surface area (Å²) in [7, 11) is 1.71. The van der Waals surface area contributed by atoms with E-state index in [1.165, 1.54) is 11.6 Å². The van der Waals surface area contributed by atoms with Crippen molar-refractivity contribution in [2.75, 3.05) is 12.4 Å². The van der Waals surface area contributed by atoms with E-state index >= 15 is 0 Å². The Morgan fingerprint density at radius 2 is 1.90 bits per heavy atom. The SMILES string of the molecule is CNc1c(CSc2ccc(C)cc2)cccc1[N+](=O)[O-]. The average Bonchev–Trinajstić information content (AvgIpc) is 2.46. The van der Waals surface area contributed by atoms with E-state index in [-0.39, 0.29) is 10.6 Å². The molecule has 20 heavy (non-hydrogen) atoms. The van der Waals surface area contributed by atoms with Gasteiger partial charge in [0.05, 0.1) is 4.92 Å². The third kappa shape index (κ3) is 3.30. The normalized spacial score (nSPS) is 10.3. The molecule has 0 saturated heterocycles. The third-order valence-electron chi connectivity index (χ3n) is 2.99. The summed E-state index contributed by atoms with van der Waals surface area (Å²) in [6.45, 7) is 2.05. The quantitative estimate of drug-likeness (QED) is 0.508. The summed E-state index contributed by atoms with van der Waals surface area (Å²) >= 11 is 1.67. The second kappa shape index (κ2) is 6.43. The first-order valence-corrected chi connectivity index (χ1v) is 7.24. The Balaban J connectivity index is 2.19. The number of nitro benzene ring substituents is 1. The highest BCUT2D eigenvalue weighted by molar-refractivity contribution is 7.98. The van der Waals surface area contributed by atoms with E-state index in [4.69, 9.17) is 0 Å². The standard InChI is InChI=1S/C15H16N2O2S/c1-11-6-8-13(9-7-11)20-10-12-4-3-5-14(17(18)19)15(12)16-2/h3-9,16H,10H2,1-2H3. The van der Waals surface area contributed by atoms with Crippen molar-refractivity contribution >= 4 is 23.1 Å². The molecule has 5 heteroatoms. The largest absolute Gasteiger partial charge is 0.382 e. The van der Waals surface area contributed by atoms with Gasteiger partial charge in [-0.25, -0.2) is 0 Å². The number of thioether (sulfide) groups is 1. The molecule has 0 fully saturated rings. The van der Waals surface area contributed by atoms with Gasteiger partial charge in [-0.1, -0.05) is 29.8 Å². The van der Waals surface area contributed by atoms with Crippen LogP contribution in [0.3, 0.4) is 0 Å². The molecule has 1 N–H and O–H groups in total. The minimum Gasteiger partial charge on any atom is -0.382 e. The molecule has 2 rings (SSSR count). The van der Waals surface area contributed by atoms with Crippen molar-refractivity contribution in [3.05, 3.63) is 63.7 Å². The molecule has 0 atom stereocenters. The Hall–Kier alpha value is -2.01. The number of hydrogen-bond donors (Lipinski definition) is 1. The van der Waals surface area contributed by atoms with E-state index < -0.39 is 0 Å². The van der Waals surface area contributed by atoms with Crippen molar-refractivity contribution in [2.45, 2.75) is 17.6 Å². The number of nitrogens with zero attached hydrogens (tertiary/aromatic N) is 1. The van der Waals surface area contributed by atoms with Crippen LogP contribution in [0.25, 0.3) is 0 Å². The Morgan fingerprint density at radius 3 is 2.50 bits per heavy atom. The topological polar surface area (TPSA) is 55.2 Å². The summed E-state index contributed by atoms with van der Waals surface area (Å²) in [6, 6.07) is 13.4. The molecule has 0 saturated carbocycles. The lowest BCUT2D eigenvalue weighted by Crippen LogP contribution is -2.00. The fourth-order valence-corrected chi connectivity index (χ4v) is 2.83. The van der Waals surface area contributed by atoms with Gasteiger partial charge in [-0.05, 0) is 24.6 Å². The smallest absolute Gasteiger partial charge is 0.292 e. The molecule has 0 aromatic heterocycles. The zero-order valence-electron chi connectivity index (χ0n) is 11.4. The number of benzene rings is 2. The molecule has 0 aliphatic heterocycles. The first kappa shape index (κ1) is 14.4. The van der Waals surface area contributed by atoms with Crippen molar-refractivity contribution in [3.8, 4) is 0 Å². The highest BCUT2D eigenvalue weighted by atomic mass is 32.2. The van der Waals surface area contributed by atoms with E-state index in [9.17, 15) is 10.1 Å². The highest BCUT2D eigenvalue weighted by Crippen LogP contribution is 2.32. The predicted molar refractivity (Wildman–Crippen MR) is 83.4 cm³/mol. The molecule has 2 aromatic rings. The van der Waals surface area contributed by atoms with Gasteiger partial charge in [-0.3, -0.25) is 10.1 Å². The van der Waals surface area contributed by atoms with Crippen LogP contribution in [-0.2, 0) is 5.75 Å². The summed E-state index contributed by atoms with van der Waals surface area (Å²) in [5, 5.41) is 13.9. The number of aryl methyl sites for hydroxylation is 1. The van der Waals surface area contributed by atoms with E-state index in [2.05, 4.69) is 29.6 Å². The average molecular weight is 288 g/mol. The van der Waals surface area contributed by atoms with Crippen molar-refractivity contribution in [2.24, 2.45) is 0 Å². The van der Waals surface area contributed by atoms with Crippen LogP contribution in [0.1, 0.15) is 11.1 Å². The van der Waals surface area contributed by atoms with Crippen LogP contribution in [0.2, 0.25) is 0 Å². The van der Waals surface area contributed by atoms with Crippen LogP contribution < -0.4 is 5.32 Å². The van der Waals surface area contributed by atoms with Crippen LogP contribution in [0.4, 0.5) is 11.4 Å². The molecular weight excluding hydrogens is 272 g/mol. The molecule has 0 heterocycles. The summed E-state index contributed by atoms with van der Waals surface area (Å²) in [6.07, 6.45) is 0. The maximum absolute atomic E-state index is 11.0. The van der Waals surface area contributed by atoms with Crippen molar-refractivity contribution < 1.29 is 4.92 Å². The molecule has 2 aromatic carbocycles. The molecule has 0 aliphatic carbocycles. The maximum atomic E-state index is 11.0. The van der Waals surface area contributed by atoms with E-state index in [1.807, 2.05) is 13.0 Å². The highest BCUT2D eigenvalue weighted by Gasteiger charge is 2.15.